The molecule has 1 atom stereocenters. The molecule has 0 bridgehead atoms. The molecule has 0 saturated carbocycles. The van der Waals surface area contributed by atoms with Crippen LogP contribution in [0.5, 0.6) is 5.75 Å². The van der Waals surface area contributed by atoms with Crippen molar-refractivity contribution in [1.29, 1.82) is 0 Å². The van der Waals surface area contributed by atoms with Crippen molar-refractivity contribution < 1.29 is 23.9 Å². The molecular formula is C27H35N5O5. The first-order chi connectivity index (χ1) is 17.5. The van der Waals surface area contributed by atoms with Gasteiger partial charge in [0.2, 0.25) is 5.91 Å². The van der Waals surface area contributed by atoms with Gasteiger partial charge in [-0.25, -0.2) is 9.78 Å². The van der Waals surface area contributed by atoms with E-state index in [-0.39, 0.29) is 23.7 Å². The normalized spacial score (nSPS) is 18.0. The Morgan fingerprint density at radius 2 is 1.95 bits per heavy atom. The first-order valence-electron chi connectivity index (χ1n) is 12.6. The van der Waals surface area contributed by atoms with Crippen molar-refractivity contribution in [2.24, 2.45) is 10.9 Å². The van der Waals surface area contributed by atoms with Gasteiger partial charge < -0.3 is 19.3 Å². The van der Waals surface area contributed by atoms with Crippen LogP contribution in [0.1, 0.15) is 62.6 Å². The number of rotatable bonds is 4. The molecule has 0 spiro atoms. The van der Waals surface area contributed by atoms with Crippen molar-refractivity contribution in [3.05, 3.63) is 41.6 Å². The number of fused-ring (bicyclic) bond motifs is 1. The summed E-state index contributed by atoms with van der Waals surface area (Å²) in [7, 11) is 1.65. The van der Waals surface area contributed by atoms with Gasteiger partial charge in [0, 0.05) is 43.7 Å². The van der Waals surface area contributed by atoms with E-state index in [1.165, 1.54) is 6.20 Å². The first kappa shape index (κ1) is 26.4. The number of carbonyl (C=O) groups is 3. The molecule has 2 aliphatic rings. The predicted octanol–water partition coefficient (Wildman–Crippen LogP) is 3.19. The van der Waals surface area contributed by atoms with E-state index >= 15 is 0 Å². The highest BCUT2D eigenvalue weighted by atomic mass is 16.6. The number of likely N-dealkylation sites (tertiary alicyclic amines) is 1. The van der Waals surface area contributed by atoms with E-state index in [0.717, 1.165) is 12.1 Å². The van der Waals surface area contributed by atoms with Gasteiger partial charge in [0.1, 0.15) is 23.7 Å². The molecule has 2 aromatic rings. The summed E-state index contributed by atoms with van der Waals surface area (Å²) in [6.07, 6.45) is 4.54. The van der Waals surface area contributed by atoms with Crippen LogP contribution in [0.25, 0.3) is 0 Å². The van der Waals surface area contributed by atoms with Crippen molar-refractivity contribution >= 4 is 29.3 Å². The number of ether oxygens (including phenoxy) is 2. The van der Waals surface area contributed by atoms with Crippen molar-refractivity contribution in [2.75, 3.05) is 31.6 Å². The number of nitrogens with zero attached hydrogens (tertiary/aromatic N) is 5. The van der Waals surface area contributed by atoms with Crippen LogP contribution in [0.4, 0.5) is 11.5 Å². The third-order valence-electron chi connectivity index (χ3n) is 6.29. The van der Waals surface area contributed by atoms with E-state index in [9.17, 15) is 14.4 Å². The predicted molar refractivity (Wildman–Crippen MR) is 138 cm³/mol. The fourth-order valence-corrected chi connectivity index (χ4v) is 4.54. The third kappa shape index (κ3) is 5.52. The molecule has 0 aromatic carbocycles. The van der Waals surface area contributed by atoms with Crippen molar-refractivity contribution in [1.82, 2.24) is 14.5 Å². The lowest BCUT2D eigenvalue weighted by Gasteiger charge is -2.31. The van der Waals surface area contributed by atoms with Gasteiger partial charge in [0.15, 0.2) is 11.6 Å². The van der Waals surface area contributed by atoms with Crippen LogP contribution >= 0.6 is 0 Å². The van der Waals surface area contributed by atoms with E-state index < -0.39 is 11.6 Å². The minimum Gasteiger partial charge on any atom is -0.488 e. The van der Waals surface area contributed by atoms with Crippen LogP contribution in [-0.4, -0.2) is 70.6 Å². The number of aromatic nitrogens is 2. The lowest BCUT2D eigenvalue weighted by atomic mass is 10.1. The van der Waals surface area contributed by atoms with Crippen molar-refractivity contribution in [3.8, 4) is 5.75 Å². The molecule has 10 heteroatoms. The van der Waals surface area contributed by atoms with E-state index in [4.69, 9.17) is 9.47 Å². The summed E-state index contributed by atoms with van der Waals surface area (Å²) < 4.78 is 12.9. The quantitative estimate of drug-likeness (QED) is 0.583. The summed E-state index contributed by atoms with van der Waals surface area (Å²) in [4.78, 5) is 51.0. The largest absolute Gasteiger partial charge is 0.488 e. The van der Waals surface area contributed by atoms with Crippen LogP contribution in [0, 0.1) is 5.92 Å². The summed E-state index contributed by atoms with van der Waals surface area (Å²) in [5.41, 5.74) is 1.09. The number of amides is 1. The summed E-state index contributed by atoms with van der Waals surface area (Å²) >= 11 is 0. The van der Waals surface area contributed by atoms with Crippen LogP contribution in [-0.2, 0) is 9.53 Å². The van der Waals surface area contributed by atoms with Gasteiger partial charge in [0.05, 0.1) is 12.1 Å². The second-order valence-corrected chi connectivity index (χ2v) is 10.6. The first-order valence-corrected chi connectivity index (χ1v) is 12.6. The Bertz CT molecular complexity index is 1280. The summed E-state index contributed by atoms with van der Waals surface area (Å²) in [6.45, 7) is 10.6. The fraction of sp³-hybridized carbons (Fsp3) is 0.519. The van der Waals surface area contributed by atoms with Gasteiger partial charge in [0.25, 0.3) is 5.91 Å². The van der Waals surface area contributed by atoms with Gasteiger partial charge in [-0.05, 0) is 45.7 Å². The molecule has 0 N–H and O–H groups in total. The molecule has 0 aliphatic carbocycles. The van der Waals surface area contributed by atoms with Gasteiger partial charge in [-0.3, -0.25) is 19.1 Å². The second kappa shape index (κ2) is 10.4. The summed E-state index contributed by atoms with van der Waals surface area (Å²) in [5.74, 6) is 0.189. The van der Waals surface area contributed by atoms with E-state index in [2.05, 4.69) is 9.98 Å². The number of hydrogen-bond donors (Lipinski definition) is 0. The Hall–Kier alpha value is -3.69. The summed E-state index contributed by atoms with van der Waals surface area (Å²) in [6, 6.07) is 4.75. The number of esters is 1. The molecule has 198 valence electrons. The standard InChI is InChI=1S/C27H35N5O5/c1-17(2)24(33)32-11-9-19(15-22(32)28-6)30-12-13-36-21-14-18(16-29-23(21)30)25(34)31-10-7-8-20(31)26(35)37-27(3,4)5/h9,11,14-17,20H,7-8,10,12-13H2,1-6H3/t20-/m0/s1. The minimum atomic E-state index is -0.622. The zero-order valence-corrected chi connectivity index (χ0v) is 22.4. The van der Waals surface area contributed by atoms with Crippen LogP contribution in [0.15, 0.2) is 35.6 Å². The SMILES string of the molecule is CN=c1cc(N2CCOc3cc(C(=O)N4CCC[C@H]4C(=O)OC(C)(C)C)cnc32)ccn1C(=O)C(C)C. The van der Waals surface area contributed by atoms with Gasteiger partial charge in [-0.2, -0.15) is 0 Å². The minimum absolute atomic E-state index is 0.0394. The lowest BCUT2D eigenvalue weighted by molar-refractivity contribution is -0.159. The average molecular weight is 510 g/mol. The van der Waals surface area contributed by atoms with Gasteiger partial charge in [-0.15, -0.1) is 0 Å². The molecule has 2 aliphatic heterocycles. The number of hydrogen-bond acceptors (Lipinski definition) is 8. The molecule has 4 rings (SSSR count). The van der Waals surface area contributed by atoms with Crippen LogP contribution in [0.3, 0.4) is 0 Å². The Balaban J connectivity index is 1.60. The topological polar surface area (TPSA) is 106 Å². The van der Waals surface area contributed by atoms with Crippen LogP contribution in [0.2, 0.25) is 0 Å². The zero-order chi connectivity index (χ0) is 26.9. The smallest absolute Gasteiger partial charge is 0.329 e. The Kier molecular flexibility index (Phi) is 7.38. The molecule has 37 heavy (non-hydrogen) atoms. The van der Waals surface area contributed by atoms with E-state index in [1.54, 1.807) is 28.8 Å². The molecule has 2 aromatic heterocycles. The number of pyridine rings is 2. The molecule has 1 saturated heterocycles. The molecule has 1 fully saturated rings. The maximum Gasteiger partial charge on any atom is 0.329 e. The lowest BCUT2D eigenvalue weighted by Crippen LogP contribution is -2.43. The highest BCUT2D eigenvalue weighted by Crippen LogP contribution is 2.35. The highest BCUT2D eigenvalue weighted by Gasteiger charge is 2.38. The van der Waals surface area contributed by atoms with Gasteiger partial charge >= 0.3 is 5.97 Å². The molecule has 0 radical (unpaired) electrons. The fourth-order valence-electron chi connectivity index (χ4n) is 4.54. The average Bonchev–Trinajstić information content (AvgIpc) is 3.36. The molecule has 4 heterocycles. The molecule has 0 unspecified atom stereocenters. The Labute approximate surface area is 216 Å². The molecule has 10 nitrogen and oxygen atoms in total. The van der Waals surface area contributed by atoms with Gasteiger partial charge in [-0.1, -0.05) is 13.8 Å². The zero-order valence-electron chi connectivity index (χ0n) is 22.4. The highest BCUT2D eigenvalue weighted by molar-refractivity contribution is 5.97. The van der Waals surface area contributed by atoms with Crippen molar-refractivity contribution in [3.63, 3.8) is 0 Å². The monoisotopic (exact) mass is 509 g/mol. The number of anilines is 2. The molecular weight excluding hydrogens is 474 g/mol. The Morgan fingerprint density at radius 3 is 2.62 bits per heavy atom. The van der Waals surface area contributed by atoms with E-state index in [0.29, 0.717) is 48.7 Å². The molecule has 1 amide bonds. The maximum absolute atomic E-state index is 13.4. The second-order valence-electron chi connectivity index (χ2n) is 10.6. The van der Waals surface area contributed by atoms with Crippen molar-refractivity contribution in [2.45, 2.75) is 59.1 Å². The Morgan fingerprint density at radius 1 is 1.19 bits per heavy atom. The maximum atomic E-state index is 13.4. The van der Waals surface area contributed by atoms with Crippen LogP contribution < -0.4 is 15.1 Å². The number of carbonyl (C=O) groups excluding carboxylic acids is 3. The summed E-state index contributed by atoms with van der Waals surface area (Å²) in [5, 5.41) is 0. The van der Waals surface area contributed by atoms with E-state index in [1.807, 2.05) is 51.7 Å². The third-order valence-corrected chi connectivity index (χ3v) is 6.29.